The van der Waals surface area contributed by atoms with E-state index in [9.17, 15) is 0 Å². The van der Waals surface area contributed by atoms with Gasteiger partial charge < -0.3 is 15.2 Å². The first-order chi connectivity index (χ1) is 11.1. The lowest BCUT2D eigenvalue weighted by molar-refractivity contribution is 0.278. The van der Waals surface area contributed by atoms with Crippen molar-refractivity contribution < 1.29 is 4.52 Å². The Kier molecular flexibility index (Phi) is 3.21. The highest BCUT2D eigenvalue weighted by Crippen LogP contribution is 2.28. The van der Waals surface area contributed by atoms with Crippen LogP contribution in [0.2, 0.25) is 0 Å². The van der Waals surface area contributed by atoms with E-state index in [4.69, 9.17) is 10.3 Å². The molecule has 3 aromatic heterocycles. The van der Waals surface area contributed by atoms with Crippen LogP contribution < -0.4 is 5.73 Å². The summed E-state index contributed by atoms with van der Waals surface area (Å²) in [5.74, 6) is 1.60. The number of pyridine rings is 1. The van der Waals surface area contributed by atoms with Crippen LogP contribution in [0.1, 0.15) is 12.3 Å². The molecule has 1 saturated heterocycles. The number of nitrogens with two attached hydrogens (primary N) is 1. The number of nitrogens with zero attached hydrogens (tertiary/aromatic N) is 6. The van der Waals surface area contributed by atoms with Gasteiger partial charge in [-0.05, 0) is 31.7 Å². The molecule has 0 aliphatic carbocycles. The molecule has 23 heavy (non-hydrogen) atoms. The minimum Gasteiger partial charge on any atom is -0.337 e. The molecular weight excluding hydrogens is 294 g/mol. The first-order valence-electron chi connectivity index (χ1n) is 7.43. The molecule has 4 heterocycles. The van der Waals surface area contributed by atoms with Crippen molar-refractivity contribution in [2.24, 2.45) is 5.73 Å². The monoisotopic (exact) mass is 311 g/mol. The molecule has 0 amide bonds. The van der Waals surface area contributed by atoms with Gasteiger partial charge in [-0.25, -0.2) is 9.67 Å². The summed E-state index contributed by atoms with van der Waals surface area (Å²) in [5.41, 5.74) is 6.44. The Morgan fingerprint density at radius 1 is 1.26 bits per heavy atom. The normalized spacial score (nSPS) is 21.8. The van der Waals surface area contributed by atoms with Gasteiger partial charge in [0.1, 0.15) is 11.2 Å². The first kappa shape index (κ1) is 14.0. The fraction of sp³-hybridized carbons (Fsp3) is 0.333. The predicted molar refractivity (Wildman–Crippen MR) is 82.6 cm³/mol. The molecule has 1 unspecified atom stereocenters. The standard InChI is InChI=1S/C15H17N7O/c1-21-9-6-15(16,10-21)14-19-13(20-23-14)11-4-2-5-12(18-11)22-8-3-7-17-22/h2-5,7-8H,6,9-10,16H2,1H3. The van der Waals surface area contributed by atoms with Crippen LogP contribution in [0.15, 0.2) is 41.2 Å². The Morgan fingerprint density at radius 3 is 2.91 bits per heavy atom. The van der Waals surface area contributed by atoms with Gasteiger partial charge >= 0.3 is 0 Å². The van der Waals surface area contributed by atoms with Crippen LogP contribution in [0.3, 0.4) is 0 Å². The lowest BCUT2D eigenvalue weighted by Crippen LogP contribution is -2.39. The molecule has 1 aliphatic rings. The molecule has 1 aliphatic heterocycles. The van der Waals surface area contributed by atoms with E-state index >= 15 is 0 Å². The van der Waals surface area contributed by atoms with E-state index < -0.39 is 5.54 Å². The molecule has 8 heteroatoms. The Morgan fingerprint density at radius 2 is 2.17 bits per heavy atom. The van der Waals surface area contributed by atoms with E-state index in [-0.39, 0.29) is 0 Å². The quantitative estimate of drug-likeness (QED) is 0.764. The zero-order chi connectivity index (χ0) is 15.9. The summed E-state index contributed by atoms with van der Waals surface area (Å²) in [5, 5.41) is 8.22. The number of hydrogen-bond acceptors (Lipinski definition) is 7. The molecule has 1 atom stereocenters. The van der Waals surface area contributed by atoms with Gasteiger partial charge in [0, 0.05) is 25.5 Å². The summed E-state index contributed by atoms with van der Waals surface area (Å²) in [6.45, 7) is 1.62. The highest BCUT2D eigenvalue weighted by molar-refractivity contribution is 5.50. The molecule has 0 bridgehead atoms. The molecule has 0 spiro atoms. The van der Waals surface area contributed by atoms with Gasteiger partial charge in [-0.1, -0.05) is 11.2 Å². The number of hydrogen-bond donors (Lipinski definition) is 1. The van der Waals surface area contributed by atoms with Crippen molar-refractivity contribution >= 4 is 0 Å². The Balaban J connectivity index is 1.66. The van der Waals surface area contributed by atoms with Gasteiger partial charge in [0.15, 0.2) is 5.82 Å². The highest BCUT2D eigenvalue weighted by atomic mass is 16.5. The maximum Gasteiger partial charge on any atom is 0.248 e. The third kappa shape index (κ3) is 2.51. The molecule has 0 saturated carbocycles. The van der Waals surface area contributed by atoms with Crippen LogP contribution in [0.5, 0.6) is 0 Å². The first-order valence-corrected chi connectivity index (χ1v) is 7.43. The van der Waals surface area contributed by atoms with E-state index in [2.05, 4.69) is 25.1 Å². The van der Waals surface area contributed by atoms with Crippen molar-refractivity contribution in [1.82, 2.24) is 29.8 Å². The number of likely N-dealkylation sites (N-methyl/N-ethyl adjacent to an activating group) is 1. The van der Waals surface area contributed by atoms with Crippen LogP contribution >= 0.6 is 0 Å². The van der Waals surface area contributed by atoms with Crippen molar-refractivity contribution in [3.8, 4) is 17.3 Å². The highest BCUT2D eigenvalue weighted by Gasteiger charge is 2.39. The average Bonchev–Trinajstić information content (AvgIpc) is 3.28. The van der Waals surface area contributed by atoms with Crippen molar-refractivity contribution in [2.45, 2.75) is 12.0 Å². The zero-order valence-corrected chi connectivity index (χ0v) is 12.8. The minimum absolute atomic E-state index is 0.438. The van der Waals surface area contributed by atoms with Gasteiger partial charge in [-0.2, -0.15) is 10.1 Å². The van der Waals surface area contributed by atoms with Gasteiger partial charge in [0.05, 0.1) is 0 Å². The summed E-state index contributed by atoms with van der Waals surface area (Å²) < 4.78 is 7.09. The summed E-state index contributed by atoms with van der Waals surface area (Å²) in [6, 6.07) is 7.44. The SMILES string of the molecule is CN1CCC(N)(c2nc(-c3cccc(-n4cccn4)n3)no2)C1. The summed E-state index contributed by atoms with van der Waals surface area (Å²) in [6.07, 6.45) is 4.33. The van der Waals surface area contributed by atoms with E-state index in [0.29, 0.717) is 29.8 Å². The molecule has 0 aromatic carbocycles. The fourth-order valence-corrected chi connectivity index (χ4v) is 2.81. The minimum atomic E-state index is -0.584. The topological polar surface area (TPSA) is 98.9 Å². The zero-order valence-electron chi connectivity index (χ0n) is 12.8. The number of likely N-dealkylation sites (tertiary alicyclic amines) is 1. The molecule has 0 radical (unpaired) electrons. The fourth-order valence-electron chi connectivity index (χ4n) is 2.81. The Labute approximate surface area is 132 Å². The Bertz CT molecular complexity index is 813. The summed E-state index contributed by atoms with van der Waals surface area (Å²) in [7, 11) is 2.03. The van der Waals surface area contributed by atoms with E-state index in [1.54, 1.807) is 10.9 Å². The van der Waals surface area contributed by atoms with E-state index in [1.165, 1.54) is 0 Å². The van der Waals surface area contributed by atoms with Crippen molar-refractivity contribution in [2.75, 3.05) is 20.1 Å². The molecule has 3 aromatic rings. The van der Waals surface area contributed by atoms with Crippen LogP contribution in [-0.4, -0.2) is 49.9 Å². The van der Waals surface area contributed by atoms with Crippen LogP contribution in [0.25, 0.3) is 17.3 Å². The third-order valence-corrected chi connectivity index (χ3v) is 4.05. The molecule has 4 rings (SSSR count). The second-order valence-corrected chi connectivity index (χ2v) is 5.90. The summed E-state index contributed by atoms with van der Waals surface area (Å²) in [4.78, 5) is 11.2. The van der Waals surface area contributed by atoms with Crippen LogP contribution in [0, 0.1) is 0 Å². The van der Waals surface area contributed by atoms with Gasteiger partial charge in [-0.3, -0.25) is 0 Å². The number of rotatable bonds is 3. The van der Waals surface area contributed by atoms with Crippen molar-refractivity contribution in [3.05, 3.63) is 42.5 Å². The summed E-state index contributed by atoms with van der Waals surface area (Å²) >= 11 is 0. The van der Waals surface area contributed by atoms with Gasteiger partial charge in [0.2, 0.25) is 11.7 Å². The second-order valence-electron chi connectivity index (χ2n) is 5.90. The second kappa shape index (κ2) is 5.25. The van der Waals surface area contributed by atoms with Crippen molar-refractivity contribution in [1.29, 1.82) is 0 Å². The predicted octanol–water partition coefficient (Wildman–Crippen LogP) is 0.807. The Hall–Kier alpha value is -2.58. The van der Waals surface area contributed by atoms with Crippen molar-refractivity contribution in [3.63, 3.8) is 0 Å². The molecule has 8 nitrogen and oxygen atoms in total. The van der Waals surface area contributed by atoms with E-state index in [1.807, 2.05) is 37.5 Å². The maximum absolute atomic E-state index is 6.40. The molecular formula is C15H17N7O. The van der Waals surface area contributed by atoms with Crippen LogP contribution in [0.4, 0.5) is 0 Å². The number of aromatic nitrogens is 5. The maximum atomic E-state index is 6.40. The molecule has 1 fully saturated rings. The van der Waals surface area contributed by atoms with Gasteiger partial charge in [0.25, 0.3) is 0 Å². The van der Waals surface area contributed by atoms with E-state index in [0.717, 1.165) is 13.0 Å². The largest absolute Gasteiger partial charge is 0.337 e. The van der Waals surface area contributed by atoms with Crippen LogP contribution in [-0.2, 0) is 5.54 Å². The lowest BCUT2D eigenvalue weighted by atomic mass is 10.0. The third-order valence-electron chi connectivity index (χ3n) is 4.05. The average molecular weight is 311 g/mol. The molecule has 2 N–H and O–H groups in total. The smallest absolute Gasteiger partial charge is 0.248 e. The van der Waals surface area contributed by atoms with Gasteiger partial charge in [-0.15, -0.1) is 0 Å². The molecule has 118 valence electrons. The lowest BCUT2D eigenvalue weighted by Gasteiger charge is -2.18.